The van der Waals surface area contributed by atoms with Crippen LogP contribution in [0.5, 0.6) is 0 Å². The molecule has 11 aromatic carbocycles. The highest BCUT2D eigenvalue weighted by Crippen LogP contribution is 2.44. The van der Waals surface area contributed by atoms with Gasteiger partial charge >= 0.3 is 0 Å². The second-order valence-electron chi connectivity index (χ2n) is 16.5. The minimum Gasteiger partial charge on any atom is -0.455 e. The number of hydrogen-bond donors (Lipinski definition) is 0. The molecule has 0 saturated heterocycles. The van der Waals surface area contributed by atoms with Crippen molar-refractivity contribution >= 4 is 60.3 Å². The molecule has 0 unspecified atom stereocenters. The lowest BCUT2D eigenvalue weighted by Gasteiger charge is -2.26. The molecule has 0 bridgehead atoms. The maximum Gasteiger partial charge on any atom is 0.143 e. The van der Waals surface area contributed by atoms with Crippen LogP contribution in [0.15, 0.2) is 253 Å². The summed E-state index contributed by atoms with van der Waals surface area (Å²) in [5, 5.41) is 8.65. The summed E-state index contributed by atoms with van der Waals surface area (Å²) in [5.41, 5.74) is 14.4. The lowest BCUT2D eigenvalue weighted by Crippen LogP contribution is -2.10. The summed E-state index contributed by atoms with van der Waals surface area (Å²) >= 11 is 0. The summed E-state index contributed by atoms with van der Waals surface area (Å²) in [6.07, 6.45) is 0. The third-order valence-electron chi connectivity index (χ3n) is 12.7. The van der Waals surface area contributed by atoms with Gasteiger partial charge in [0, 0.05) is 33.6 Å². The molecule has 1 aromatic heterocycles. The van der Waals surface area contributed by atoms with Gasteiger partial charge in [-0.1, -0.05) is 194 Å². The first-order valence-corrected chi connectivity index (χ1v) is 21.9. The Bertz CT molecular complexity index is 3650. The highest BCUT2D eigenvalue weighted by atomic mass is 16.3. The fourth-order valence-electron chi connectivity index (χ4n) is 9.52. The average Bonchev–Trinajstić information content (AvgIpc) is 3.77. The van der Waals surface area contributed by atoms with Gasteiger partial charge < -0.3 is 9.32 Å². The van der Waals surface area contributed by atoms with Crippen LogP contribution in [0.25, 0.3) is 99.1 Å². The van der Waals surface area contributed by atoms with Crippen LogP contribution in [0.1, 0.15) is 0 Å². The third kappa shape index (κ3) is 6.70. The minimum atomic E-state index is 0.857. The number of fused-ring (bicyclic) bond motifs is 5. The SMILES string of the molecule is c1ccc(-c2c(-c3cccc(N(c4ccc(-c5cccc(-c6cccc7ccccc67)c5)cc4)c4ccc(-c5ccc6c(ccc7ccccc76)c5)cc4)c3)oc3ccccc23)cc1. The molecule has 0 fully saturated rings. The largest absolute Gasteiger partial charge is 0.455 e. The van der Waals surface area contributed by atoms with Crippen LogP contribution in [0.2, 0.25) is 0 Å². The Morgan fingerprint density at radius 1 is 0.266 bits per heavy atom. The normalized spacial score (nSPS) is 11.4. The number of benzene rings is 11. The predicted molar refractivity (Wildman–Crippen MR) is 271 cm³/mol. The van der Waals surface area contributed by atoms with Crippen molar-refractivity contribution in [2.24, 2.45) is 0 Å². The van der Waals surface area contributed by atoms with E-state index in [-0.39, 0.29) is 0 Å². The summed E-state index contributed by atoms with van der Waals surface area (Å²) < 4.78 is 6.72. The van der Waals surface area contributed by atoms with E-state index in [9.17, 15) is 0 Å². The van der Waals surface area contributed by atoms with Gasteiger partial charge in [-0.25, -0.2) is 0 Å². The smallest absolute Gasteiger partial charge is 0.143 e. The Morgan fingerprint density at radius 3 is 1.58 bits per heavy atom. The predicted octanol–water partition coefficient (Wildman–Crippen LogP) is 17.7. The summed E-state index contributed by atoms with van der Waals surface area (Å²) in [6, 6.07) is 89.5. The second-order valence-corrected chi connectivity index (χ2v) is 16.5. The van der Waals surface area contributed by atoms with Crippen LogP contribution in [-0.2, 0) is 0 Å². The summed E-state index contributed by atoms with van der Waals surface area (Å²) in [7, 11) is 0. The van der Waals surface area contributed by atoms with E-state index >= 15 is 0 Å². The first-order valence-electron chi connectivity index (χ1n) is 21.9. The van der Waals surface area contributed by atoms with Gasteiger partial charge in [0.2, 0.25) is 0 Å². The number of anilines is 3. The Kier molecular flexibility index (Phi) is 9.20. The van der Waals surface area contributed by atoms with Crippen molar-refractivity contribution in [2.45, 2.75) is 0 Å². The molecular weight excluding hydrogens is 775 g/mol. The number of nitrogens with zero attached hydrogens (tertiary/aromatic N) is 1. The molecule has 0 amide bonds. The Morgan fingerprint density at radius 2 is 0.797 bits per heavy atom. The molecule has 0 radical (unpaired) electrons. The lowest BCUT2D eigenvalue weighted by atomic mass is 9.95. The second kappa shape index (κ2) is 15.8. The van der Waals surface area contributed by atoms with E-state index in [1.165, 1.54) is 60.1 Å². The van der Waals surface area contributed by atoms with Crippen LogP contribution in [0.3, 0.4) is 0 Å². The van der Waals surface area contributed by atoms with Crippen LogP contribution in [0, 0.1) is 0 Å². The monoisotopic (exact) mass is 815 g/mol. The zero-order chi connectivity index (χ0) is 42.4. The van der Waals surface area contributed by atoms with Gasteiger partial charge in [0.15, 0.2) is 0 Å². The summed E-state index contributed by atoms with van der Waals surface area (Å²) in [5.74, 6) is 0.857. The molecule has 2 heteroatoms. The van der Waals surface area contributed by atoms with Crippen molar-refractivity contribution in [3.63, 3.8) is 0 Å². The van der Waals surface area contributed by atoms with Gasteiger partial charge in [-0.3, -0.25) is 0 Å². The molecule has 2 nitrogen and oxygen atoms in total. The standard InChI is InChI=1S/C62H41NO/c1-2-15-46(16-3-1)61-59-24-8-9-26-60(59)64-62(61)51-20-11-21-54(41-51)63(53-36-31-43(32-37-53)48-33-38-58-50(40-48)28-27-45-14-5-7-23-56(45)58)52-34-29-42(30-35-52)47-18-10-19-49(39-47)57-25-12-17-44-13-4-6-22-55(44)57/h1-41H. The zero-order valence-corrected chi connectivity index (χ0v) is 35.0. The molecule has 1 heterocycles. The van der Waals surface area contributed by atoms with Crippen LogP contribution >= 0.6 is 0 Å². The first kappa shape index (κ1) is 37.3. The summed E-state index contributed by atoms with van der Waals surface area (Å²) in [4.78, 5) is 2.35. The van der Waals surface area contributed by atoms with E-state index in [1.54, 1.807) is 0 Å². The van der Waals surface area contributed by atoms with Gasteiger partial charge in [0.25, 0.3) is 0 Å². The number of furan rings is 1. The van der Waals surface area contributed by atoms with E-state index in [0.29, 0.717) is 0 Å². The molecule has 0 aliphatic rings. The Labute approximate surface area is 372 Å². The molecule has 0 N–H and O–H groups in total. The van der Waals surface area contributed by atoms with E-state index < -0.39 is 0 Å². The van der Waals surface area contributed by atoms with Crippen molar-refractivity contribution in [2.75, 3.05) is 4.90 Å². The molecule has 12 aromatic rings. The lowest BCUT2D eigenvalue weighted by molar-refractivity contribution is 0.632. The van der Waals surface area contributed by atoms with Crippen molar-refractivity contribution in [3.8, 4) is 55.8 Å². The van der Waals surface area contributed by atoms with Crippen molar-refractivity contribution in [1.29, 1.82) is 0 Å². The number of para-hydroxylation sites is 1. The van der Waals surface area contributed by atoms with E-state index in [0.717, 1.165) is 56.0 Å². The maximum absolute atomic E-state index is 6.72. The topological polar surface area (TPSA) is 16.4 Å². The molecule has 0 spiro atoms. The summed E-state index contributed by atoms with van der Waals surface area (Å²) in [6.45, 7) is 0. The molecule has 12 rings (SSSR count). The van der Waals surface area contributed by atoms with Crippen LogP contribution in [-0.4, -0.2) is 0 Å². The van der Waals surface area contributed by atoms with Crippen molar-refractivity contribution in [3.05, 3.63) is 249 Å². The number of rotatable bonds is 8. The average molecular weight is 816 g/mol. The zero-order valence-electron chi connectivity index (χ0n) is 35.0. The maximum atomic E-state index is 6.72. The van der Waals surface area contributed by atoms with Crippen molar-refractivity contribution < 1.29 is 4.42 Å². The fraction of sp³-hybridized carbons (Fsp3) is 0. The van der Waals surface area contributed by atoms with Gasteiger partial charge in [0.1, 0.15) is 11.3 Å². The third-order valence-corrected chi connectivity index (χ3v) is 12.7. The Balaban J connectivity index is 0.951. The minimum absolute atomic E-state index is 0.857. The van der Waals surface area contributed by atoms with E-state index in [1.807, 2.05) is 6.07 Å². The Hall–Kier alpha value is -8.46. The van der Waals surface area contributed by atoms with E-state index in [4.69, 9.17) is 4.42 Å². The van der Waals surface area contributed by atoms with Crippen LogP contribution < -0.4 is 4.90 Å². The highest BCUT2D eigenvalue weighted by Gasteiger charge is 2.20. The van der Waals surface area contributed by atoms with E-state index in [2.05, 4.69) is 248 Å². The molecule has 0 aliphatic carbocycles. The number of hydrogen-bond acceptors (Lipinski definition) is 2. The first-order chi connectivity index (χ1) is 31.7. The molecule has 0 atom stereocenters. The quantitative estimate of drug-likeness (QED) is 0.142. The molecular formula is C62H41NO. The van der Waals surface area contributed by atoms with Gasteiger partial charge in [-0.2, -0.15) is 0 Å². The highest BCUT2D eigenvalue weighted by molar-refractivity contribution is 6.08. The van der Waals surface area contributed by atoms with Crippen molar-refractivity contribution in [1.82, 2.24) is 0 Å². The molecule has 0 saturated carbocycles. The van der Waals surface area contributed by atoms with Gasteiger partial charge in [0.05, 0.1) is 0 Å². The van der Waals surface area contributed by atoms with Gasteiger partial charge in [-0.05, 0) is 126 Å². The molecule has 64 heavy (non-hydrogen) atoms. The fourth-order valence-corrected chi connectivity index (χ4v) is 9.52. The van der Waals surface area contributed by atoms with Gasteiger partial charge in [-0.15, -0.1) is 0 Å². The molecule has 0 aliphatic heterocycles. The van der Waals surface area contributed by atoms with Crippen LogP contribution in [0.4, 0.5) is 17.1 Å². The molecule has 300 valence electrons.